The number of benzene rings is 1. The van der Waals surface area contributed by atoms with Crippen LogP contribution in [0.15, 0.2) is 16.6 Å². The molecule has 0 aliphatic heterocycles. The molecule has 0 N–H and O–H groups in total. The molecule has 0 aliphatic carbocycles. The minimum absolute atomic E-state index is 0.0296. The summed E-state index contributed by atoms with van der Waals surface area (Å²) in [6, 6.07) is 2.07. The second kappa shape index (κ2) is 6.16. The van der Waals surface area contributed by atoms with E-state index in [-0.39, 0.29) is 28.4 Å². The van der Waals surface area contributed by atoms with Gasteiger partial charge in [0.1, 0.15) is 5.82 Å². The highest BCUT2D eigenvalue weighted by atomic mass is 79.9. The van der Waals surface area contributed by atoms with Crippen molar-refractivity contribution >= 4 is 33.2 Å². The summed E-state index contributed by atoms with van der Waals surface area (Å²) in [7, 11) is 0. The van der Waals surface area contributed by atoms with Gasteiger partial charge in [0.05, 0.1) is 16.0 Å². The summed E-state index contributed by atoms with van der Waals surface area (Å²) >= 11 is 8.47. The van der Waals surface area contributed by atoms with Crippen molar-refractivity contribution in [2.75, 3.05) is 12.5 Å². The number of hydrogen-bond donors (Lipinski definition) is 0. The Labute approximate surface area is 111 Å². The summed E-state index contributed by atoms with van der Waals surface area (Å²) < 4.78 is 18.5. The van der Waals surface area contributed by atoms with Gasteiger partial charge >= 0.3 is 5.69 Å². The summed E-state index contributed by atoms with van der Waals surface area (Å²) in [5.74, 6) is -0.299. The maximum atomic E-state index is 13.3. The van der Waals surface area contributed by atoms with Crippen LogP contribution < -0.4 is 4.74 Å². The number of halogens is 3. The molecule has 0 saturated heterocycles. The summed E-state index contributed by atoms with van der Waals surface area (Å²) in [4.78, 5) is 10.1. The average molecular weight is 327 g/mol. The molecule has 0 spiro atoms. The highest BCUT2D eigenvalue weighted by Crippen LogP contribution is 2.32. The minimum atomic E-state index is -0.620. The van der Waals surface area contributed by atoms with E-state index >= 15 is 0 Å². The summed E-state index contributed by atoms with van der Waals surface area (Å²) in [6.45, 7) is 2.03. The van der Waals surface area contributed by atoms with Gasteiger partial charge in [-0.15, -0.1) is 11.6 Å². The number of ether oxygens (including phenoxy) is 1. The van der Waals surface area contributed by atoms with E-state index in [1.807, 2.05) is 6.92 Å². The quantitative estimate of drug-likeness (QED) is 0.470. The van der Waals surface area contributed by atoms with E-state index in [4.69, 9.17) is 16.3 Å². The van der Waals surface area contributed by atoms with Crippen molar-refractivity contribution in [3.63, 3.8) is 0 Å². The molecule has 94 valence electrons. The fraction of sp³-hybridized carbons (Fsp3) is 0.400. The normalized spacial score (nSPS) is 12.2. The molecule has 4 nitrogen and oxygen atoms in total. The Morgan fingerprint density at radius 1 is 1.65 bits per heavy atom. The van der Waals surface area contributed by atoms with Crippen LogP contribution in [-0.2, 0) is 0 Å². The summed E-state index contributed by atoms with van der Waals surface area (Å²) in [5, 5.41) is 10.8. The van der Waals surface area contributed by atoms with Gasteiger partial charge in [-0.1, -0.05) is 6.92 Å². The Morgan fingerprint density at radius 3 is 2.82 bits per heavy atom. The van der Waals surface area contributed by atoms with Crippen LogP contribution in [0.25, 0.3) is 0 Å². The third kappa shape index (κ3) is 3.81. The highest BCUT2D eigenvalue weighted by Gasteiger charge is 2.19. The van der Waals surface area contributed by atoms with E-state index in [9.17, 15) is 14.5 Å². The van der Waals surface area contributed by atoms with Crippen molar-refractivity contribution in [2.45, 2.75) is 6.92 Å². The average Bonchev–Trinajstić information content (AvgIpc) is 2.29. The molecule has 0 amide bonds. The smallest absolute Gasteiger partial charge is 0.312 e. The molecule has 0 aliphatic rings. The molecule has 0 bridgehead atoms. The van der Waals surface area contributed by atoms with Crippen LogP contribution in [-0.4, -0.2) is 17.4 Å². The standard InChI is InChI=1S/C10H10BrClFNO3/c1-6(4-12)5-17-10-3-8(13)7(11)2-9(10)14(15)16/h2-3,6H,4-5H2,1H3. The maximum Gasteiger partial charge on any atom is 0.312 e. The number of nitrogens with zero attached hydrogens (tertiary/aromatic N) is 1. The molecule has 1 aromatic carbocycles. The topological polar surface area (TPSA) is 52.4 Å². The SMILES string of the molecule is CC(CCl)COc1cc(F)c(Br)cc1[N+](=O)[O-]. The van der Waals surface area contributed by atoms with Crippen LogP contribution in [0.4, 0.5) is 10.1 Å². The molecule has 17 heavy (non-hydrogen) atoms. The van der Waals surface area contributed by atoms with Crippen LogP contribution in [0, 0.1) is 21.8 Å². The Balaban J connectivity index is 2.96. The van der Waals surface area contributed by atoms with Gasteiger partial charge < -0.3 is 4.74 Å². The molecular formula is C10H10BrClFNO3. The molecule has 7 heteroatoms. The van der Waals surface area contributed by atoms with Crippen molar-refractivity contribution in [3.8, 4) is 5.75 Å². The van der Waals surface area contributed by atoms with Gasteiger partial charge in [0.25, 0.3) is 0 Å². The Kier molecular flexibility index (Phi) is 5.14. The Hall–Kier alpha value is -0.880. The lowest BCUT2D eigenvalue weighted by atomic mass is 10.2. The van der Waals surface area contributed by atoms with Gasteiger partial charge in [-0.2, -0.15) is 0 Å². The Bertz CT molecular complexity index is 430. The van der Waals surface area contributed by atoms with E-state index in [1.165, 1.54) is 0 Å². The molecule has 1 unspecified atom stereocenters. The monoisotopic (exact) mass is 325 g/mol. The molecule has 1 aromatic rings. The van der Waals surface area contributed by atoms with Crippen LogP contribution in [0.5, 0.6) is 5.75 Å². The summed E-state index contributed by atoms with van der Waals surface area (Å²) in [5.41, 5.74) is -0.278. The van der Waals surface area contributed by atoms with E-state index < -0.39 is 10.7 Å². The van der Waals surface area contributed by atoms with Gasteiger partial charge in [-0.3, -0.25) is 10.1 Å². The first-order valence-electron chi connectivity index (χ1n) is 4.78. The fourth-order valence-corrected chi connectivity index (χ4v) is 1.47. The van der Waals surface area contributed by atoms with Gasteiger partial charge in [-0.25, -0.2) is 4.39 Å². The van der Waals surface area contributed by atoms with Crippen LogP contribution >= 0.6 is 27.5 Å². The molecule has 1 rings (SSSR count). The number of hydrogen-bond acceptors (Lipinski definition) is 3. The number of rotatable bonds is 5. The zero-order valence-corrected chi connectivity index (χ0v) is 11.3. The first-order chi connectivity index (χ1) is 7.95. The number of nitro groups is 1. The van der Waals surface area contributed by atoms with Gasteiger partial charge in [0.2, 0.25) is 0 Å². The van der Waals surface area contributed by atoms with E-state index in [0.29, 0.717) is 5.88 Å². The van der Waals surface area contributed by atoms with Crippen molar-refractivity contribution in [2.24, 2.45) is 5.92 Å². The second-order valence-corrected chi connectivity index (χ2v) is 4.72. The first-order valence-corrected chi connectivity index (χ1v) is 6.10. The molecule has 0 saturated carbocycles. The number of nitro benzene ring substituents is 1. The van der Waals surface area contributed by atoms with E-state index in [2.05, 4.69) is 15.9 Å². The molecule has 0 fully saturated rings. The lowest BCUT2D eigenvalue weighted by Gasteiger charge is -2.10. The fourth-order valence-electron chi connectivity index (χ4n) is 1.05. The highest BCUT2D eigenvalue weighted by molar-refractivity contribution is 9.10. The summed E-state index contributed by atoms with van der Waals surface area (Å²) in [6.07, 6.45) is 0. The first kappa shape index (κ1) is 14.2. The maximum absolute atomic E-state index is 13.3. The van der Waals surface area contributed by atoms with Crippen molar-refractivity contribution in [3.05, 3.63) is 32.5 Å². The predicted molar refractivity (Wildman–Crippen MR) is 66.1 cm³/mol. The molecular weight excluding hydrogens is 316 g/mol. The van der Waals surface area contributed by atoms with Crippen LogP contribution in [0.3, 0.4) is 0 Å². The Morgan fingerprint density at radius 2 is 2.29 bits per heavy atom. The van der Waals surface area contributed by atoms with Gasteiger partial charge in [0, 0.05) is 23.9 Å². The van der Waals surface area contributed by atoms with Crippen molar-refractivity contribution in [1.29, 1.82) is 0 Å². The third-order valence-electron chi connectivity index (χ3n) is 1.99. The van der Waals surface area contributed by atoms with Crippen LogP contribution in [0.1, 0.15) is 6.92 Å². The van der Waals surface area contributed by atoms with Crippen molar-refractivity contribution < 1.29 is 14.1 Å². The van der Waals surface area contributed by atoms with E-state index in [1.54, 1.807) is 0 Å². The van der Waals surface area contributed by atoms with Gasteiger partial charge in [-0.05, 0) is 15.9 Å². The minimum Gasteiger partial charge on any atom is -0.486 e. The lowest BCUT2D eigenvalue weighted by Crippen LogP contribution is -2.10. The van der Waals surface area contributed by atoms with Crippen LogP contribution in [0.2, 0.25) is 0 Å². The molecule has 1 atom stereocenters. The number of alkyl halides is 1. The second-order valence-electron chi connectivity index (χ2n) is 3.56. The zero-order valence-electron chi connectivity index (χ0n) is 8.95. The van der Waals surface area contributed by atoms with Crippen molar-refractivity contribution in [1.82, 2.24) is 0 Å². The predicted octanol–water partition coefficient (Wildman–Crippen LogP) is 3.75. The molecule has 0 heterocycles. The molecule has 0 radical (unpaired) electrons. The lowest BCUT2D eigenvalue weighted by molar-refractivity contribution is -0.386. The largest absolute Gasteiger partial charge is 0.486 e. The van der Waals surface area contributed by atoms with Gasteiger partial charge in [0.15, 0.2) is 5.75 Å². The molecule has 0 aromatic heterocycles. The third-order valence-corrected chi connectivity index (χ3v) is 3.12. The zero-order chi connectivity index (χ0) is 13.0. The van der Waals surface area contributed by atoms with E-state index in [0.717, 1.165) is 12.1 Å².